The smallest absolute Gasteiger partial charge is 0.401 e. The lowest BCUT2D eigenvalue weighted by molar-refractivity contribution is -0.147. The van der Waals surface area contributed by atoms with Gasteiger partial charge in [-0.1, -0.05) is 0 Å². The second-order valence-electron chi connectivity index (χ2n) is 4.73. The molecule has 2 N–H and O–H groups in total. The van der Waals surface area contributed by atoms with Crippen molar-refractivity contribution in [2.45, 2.75) is 19.1 Å². The van der Waals surface area contributed by atoms with Gasteiger partial charge in [-0.2, -0.15) is 13.2 Å². The van der Waals surface area contributed by atoms with Gasteiger partial charge >= 0.3 is 6.18 Å². The summed E-state index contributed by atoms with van der Waals surface area (Å²) in [5.41, 5.74) is 7.89. The second kappa shape index (κ2) is 5.40. The fourth-order valence-corrected chi connectivity index (χ4v) is 2.54. The van der Waals surface area contributed by atoms with Crippen LogP contribution < -0.4 is 15.2 Å². The average Bonchev–Trinajstić information content (AvgIpc) is 2.37. The van der Waals surface area contributed by atoms with Gasteiger partial charge in [0.1, 0.15) is 0 Å². The van der Waals surface area contributed by atoms with Crippen molar-refractivity contribution in [3.63, 3.8) is 0 Å². The third kappa shape index (κ3) is 2.92. The minimum atomic E-state index is -4.21. The standard InChI is InChI=1S/C13H17F3N2O2/c1-19-11-5-10(17)9-6-18(7-13(14,15)16)4-3-8(9)12(11)20-2/h5H,3-4,6-7,17H2,1-2H3. The predicted molar refractivity (Wildman–Crippen MR) is 69.0 cm³/mol. The number of benzene rings is 1. The van der Waals surface area contributed by atoms with E-state index >= 15 is 0 Å². The fraction of sp³-hybridized carbons (Fsp3) is 0.538. The number of fused-ring (bicyclic) bond motifs is 1. The van der Waals surface area contributed by atoms with E-state index in [1.54, 1.807) is 6.07 Å². The third-order valence-electron chi connectivity index (χ3n) is 3.38. The summed E-state index contributed by atoms with van der Waals surface area (Å²) < 4.78 is 47.9. The maximum absolute atomic E-state index is 12.5. The first-order valence-electron chi connectivity index (χ1n) is 6.17. The van der Waals surface area contributed by atoms with Crippen molar-refractivity contribution in [2.75, 3.05) is 33.0 Å². The Balaban J connectivity index is 2.33. The van der Waals surface area contributed by atoms with Crippen molar-refractivity contribution >= 4 is 5.69 Å². The molecule has 0 spiro atoms. The van der Waals surface area contributed by atoms with Crippen LogP contribution in [-0.4, -0.2) is 38.4 Å². The monoisotopic (exact) mass is 290 g/mol. The molecular formula is C13H17F3N2O2. The molecule has 1 aromatic rings. The summed E-state index contributed by atoms with van der Waals surface area (Å²) in [4.78, 5) is 1.34. The molecule has 1 aliphatic heterocycles. The molecule has 0 bridgehead atoms. The molecule has 0 atom stereocenters. The molecule has 0 radical (unpaired) electrons. The molecule has 1 aromatic carbocycles. The number of ether oxygens (including phenoxy) is 2. The molecular weight excluding hydrogens is 273 g/mol. The topological polar surface area (TPSA) is 47.7 Å². The number of methoxy groups -OCH3 is 2. The van der Waals surface area contributed by atoms with Crippen LogP contribution in [0.4, 0.5) is 18.9 Å². The molecule has 0 aromatic heterocycles. The molecule has 0 saturated heterocycles. The summed E-state index contributed by atoms with van der Waals surface area (Å²) in [6, 6.07) is 1.59. The minimum absolute atomic E-state index is 0.168. The third-order valence-corrected chi connectivity index (χ3v) is 3.38. The zero-order valence-corrected chi connectivity index (χ0v) is 11.4. The molecule has 1 aliphatic rings. The summed E-state index contributed by atoms with van der Waals surface area (Å²) >= 11 is 0. The number of hydrogen-bond donors (Lipinski definition) is 1. The van der Waals surface area contributed by atoms with Crippen LogP contribution in [0.2, 0.25) is 0 Å². The SMILES string of the molecule is COc1cc(N)c2c(c1OC)CCN(CC(F)(F)F)C2. The van der Waals surface area contributed by atoms with E-state index in [1.807, 2.05) is 0 Å². The van der Waals surface area contributed by atoms with Crippen LogP contribution in [0.5, 0.6) is 11.5 Å². The van der Waals surface area contributed by atoms with E-state index in [4.69, 9.17) is 15.2 Å². The first kappa shape index (κ1) is 14.8. The summed E-state index contributed by atoms with van der Waals surface area (Å²) in [5, 5.41) is 0. The molecule has 20 heavy (non-hydrogen) atoms. The van der Waals surface area contributed by atoms with Crippen LogP contribution in [-0.2, 0) is 13.0 Å². The first-order valence-corrected chi connectivity index (χ1v) is 6.17. The van der Waals surface area contributed by atoms with Gasteiger partial charge in [-0.15, -0.1) is 0 Å². The van der Waals surface area contributed by atoms with Gasteiger partial charge in [0.15, 0.2) is 11.5 Å². The molecule has 0 aliphatic carbocycles. The summed E-state index contributed by atoms with van der Waals surface area (Å²) in [6.45, 7) is -0.448. The van der Waals surface area contributed by atoms with E-state index in [9.17, 15) is 13.2 Å². The highest BCUT2D eigenvalue weighted by molar-refractivity contribution is 5.64. The highest BCUT2D eigenvalue weighted by Gasteiger charge is 2.33. The van der Waals surface area contributed by atoms with E-state index in [0.29, 0.717) is 35.7 Å². The molecule has 4 nitrogen and oxygen atoms in total. The van der Waals surface area contributed by atoms with Gasteiger partial charge in [0.2, 0.25) is 0 Å². The van der Waals surface area contributed by atoms with Gasteiger partial charge in [-0.25, -0.2) is 0 Å². The van der Waals surface area contributed by atoms with Crippen LogP contribution in [0.3, 0.4) is 0 Å². The Morgan fingerprint density at radius 3 is 2.50 bits per heavy atom. The van der Waals surface area contributed by atoms with E-state index in [-0.39, 0.29) is 6.54 Å². The molecule has 2 rings (SSSR count). The van der Waals surface area contributed by atoms with Gasteiger partial charge < -0.3 is 15.2 Å². The minimum Gasteiger partial charge on any atom is -0.493 e. The molecule has 1 heterocycles. The number of halogens is 3. The molecule has 0 unspecified atom stereocenters. The Labute approximate surface area is 115 Å². The Morgan fingerprint density at radius 2 is 1.95 bits per heavy atom. The molecule has 0 amide bonds. The van der Waals surface area contributed by atoms with E-state index in [1.165, 1.54) is 19.1 Å². The van der Waals surface area contributed by atoms with Crippen molar-refractivity contribution in [1.82, 2.24) is 4.90 Å². The molecule has 0 fully saturated rings. The Morgan fingerprint density at radius 1 is 1.25 bits per heavy atom. The fourth-order valence-electron chi connectivity index (χ4n) is 2.54. The molecule has 0 saturated carbocycles. The van der Waals surface area contributed by atoms with Crippen molar-refractivity contribution in [2.24, 2.45) is 0 Å². The zero-order valence-electron chi connectivity index (χ0n) is 11.4. The van der Waals surface area contributed by atoms with Gasteiger partial charge in [0.05, 0.1) is 20.8 Å². The van der Waals surface area contributed by atoms with Gasteiger partial charge in [-0.3, -0.25) is 4.90 Å². The summed E-state index contributed by atoms with van der Waals surface area (Å²) in [7, 11) is 3.01. The second-order valence-corrected chi connectivity index (χ2v) is 4.73. The molecule has 7 heteroatoms. The predicted octanol–water partition coefficient (Wildman–Crippen LogP) is 2.21. The van der Waals surface area contributed by atoms with Crippen LogP contribution in [0, 0.1) is 0 Å². The largest absolute Gasteiger partial charge is 0.493 e. The highest BCUT2D eigenvalue weighted by Crippen LogP contribution is 2.40. The van der Waals surface area contributed by atoms with E-state index in [0.717, 1.165) is 5.56 Å². The summed E-state index contributed by atoms with van der Waals surface area (Å²) in [5.74, 6) is 1.07. The quantitative estimate of drug-likeness (QED) is 0.867. The maximum atomic E-state index is 12.5. The number of nitrogens with zero attached hydrogens (tertiary/aromatic N) is 1. The zero-order chi connectivity index (χ0) is 14.9. The van der Waals surface area contributed by atoms with Crippen molar-refractivity contribution < 1.29 is 22.6 Å². The lowest BCUT2D eigenvalue weighted by Crippen LogP contribution is -2.38. The van der Waals surface area contributed by atoms with Crippen molar-refractivity contribution in [3.8, 4) is 11.5 Å². The number of nitrogen functional groups attached to an aromatic ring is 1. The lowest BCUT2D eigenvalue weighted by Gasteiger charge is -2.31. The highest BCUT2D eigenvalue weighted by atomic mass is 19.4. The summed E-state index contributed by atoms with van der Waals surface area (Å²) in [6.07, 6.45) is -3.75. The van der Waals surface area contributed by atoms with Gasteiger partial charge in [-0.05, 0) is 12.0 Å². The van der Waals surface area contributed by atoms with Gasteiger partial charge in [0, 0.05) is 30.4 Å². The van der Waals surface area contributed by atoms with Crippen molar-refractivity contribution in [3.05, 3.63) is 17.2 Å². The number of anilines is 1. The number of nitrogens with two attached hydrogens (primary N) is 1. The maximum Gasteiger partial charge on any atom is 0.401 e. The number of alkyl halides is 3. The van der Waals surface area contributed by atoms with Crippen molar-refractivity contribution in [1.29, 1.82) is 0 Å². The van der Waals surface area contributed by atoms with Crippen LogP contribution in [0.25, 0.3) is 0 Å². The van der Waals surface area contributed by atoms with Crippen LogP contribution in [0.15, 0.2) is 6.07 Å². The Bertz CT molecular complexity index is 503. The van der Waals surface area contributed by atoms with Crippen LogP contribution in [0.1, 0.15) is 11.1 Å². The Hall–Kier alpha value is -1.63. The number of hydrogen-bond acceptors (Lipinski definition) is 4. The van der Waals surface area contributed by atoms with Crippen LogP contribution >= 0.6 is 0 Å². The lowest BCUT2D eigenvalue weighted by atomic mass is 9.96. The van der Waals surface area contributed by atoms with E-state index < -0.39 is 12.7 Å². The normalized spacial score (nSPS) is 15.8. The Kier molecular flexibility index (Phi) is 3.99. The van der Waals surface area contributed by atoms with E-state index in [2.05, 4.69) is 0 Å². The average molecular weight is 290 g/mol. The number of rotatable bonds is 3. The van der Waals surface area contributed by atoms with Gasteiger partial charge in [0.25, 0.3) is 0 Å². The first-order chi connectivity index (χ1) is 9.35. The molecule has 112 valence electrons.